The number of aromatic nitrogens is 3. The third-order valence-corrected chi connectivity index (χ3v) is 8.98. The number of pyridine rings is 1. The van der Waals surface area contributed by atoms with E-state index in [2.05, 4.69) is 37.9 Å². The molecule has 3 heterocycles. The minimum Gasteiger partial charge on any atom is -0.444 e. The average molecular weight is 752 g/mol. The van der Waals surface area contributed by atoms with E-state index in [1.165, 1.54) is 5.56 Å². The molecule has 13 nitrogen and oxygen atoms in total. The summed E-state index contributed by atoms with van der Waals surface area (Å²) in [6.07, 6.45) is 2.40. The monoisotopic (exact) mass is 751 g/mol. The van der Waals surface area contributed by atoms with Crippen molar-refractivity contribution in [2.45, 2.75) is 111 Å². The molecule has 0 bridgehead atoms. The Morgan fingerprint density at radius 1 is 0.891 bits per heavy atom. The number of nitrogens with one attached hydrogen (secondary N) is 3. The number of piperidine rings is 1. The molecule has 1 aliphatic heterocycles. The molecule has 292 valence electrons. The van der Waals surface area contributed by atoms with Gasteiger partial charge in [0.25, 0.3) is 11.7 Å². The lowest BCUT2D eigenvalue weighted by Gasteiger charge is -2.33. The van der Waals surface area contributed by atoms with Gasteiger partial charge in [0.1, 0.15) is 17.0 Å². The van der Waals surface area contributed by atoms with Crippen molar-refractivity contribution in [3.05, 3.63) is 94.3 Å². The molecule has 0 aliphatic carbocycles. The van der Waals surface area contributed by atoms with Crippen molar-refractivity contribution in [2.75, 3.05) is 18.4 Å². The lowest BCUT2D eigenvalue weighted by molar-refractivity contribution is 0.0204. The smallest absolute Gasteiger partial charge is 0.413 e. The molecule has 4 aromatic rings. The highest BCUT2D eigenvalue weighted by Gasteiger charge is 2.28. The molecule has 2 aromatic carbocycles. The van der Waals surface area contributed by atoms with Crippen molar-refractivity contribution < 1.29 is 28.4 Å². The van der Waals surface area contributed by atoms with Crippen LogP contribution in [0, 0.1) is 12.3 Å². The molecule has 0 radical (unpaired) electrons. The number of aryl methyl sites for hydroxylation is 1. The molecule has 0 spiro atoms. The van der Waals surface area contributed by atoms with Crippen LogP contribution in [0.3, 0.4) is 0 Å². The number of hydrogen-bond donors (Lipinski definition) is 3. The Bertz CT molecular complexity index is 2040. The second-order valence-electron chi connectivity index (χ2n) is 17.0. The molecule has 55 heavy (non-hydrogen) atoms. The van der Waals surface area contributed by atoms with Gasteiger partial charge in [0.05, 0.1) is 5.71 Å². The van der Waals surface area contributed by atoms with Crippen molar-refractivity contribution in [1.29, 1.82) is 5.41 Å². The highest BCUT2D eigenvalue weighted by Crippen LogP contribution is 2.32. The van der Waals surface area contributed by atoms with E-state index in [1.54, 1.807) is 37.9 Å². The zero-order valence-corrected chi connectivity index (χ0v) is 33.5. The largest absolute Gasteiger partial charge is 0.444 e. The van der Waals surface area contributed by atoms with E-state index in [9.17, 15) is 19.8 Å². The van der Waals surface area contributed by atoms with Gasteiger partial charge in [-0.25, -0.2) is 14.6 Å². The molecule has 3 amide bonds. The van der Waals surface area contributed by atoms with Crippen LogP contribution >= 0.6 is 0 Å². The predicted octanol–water partition coefficient (Wildman–Crippen LogP) is 8.55. The Hall–Kier alpha value is -5.59. The van der Waals surface area contributed by atoms with Crippen molar-refractivity contribution in [2.24, 2.45) is 0 Å². The first-order valence-corrected chi connectivity index (χ1v) is 18.6. The van der Waals surface area contributed by atoms with Crippen molar-refractivity contribution in [3.63, 3.8) is 0 Å². The van der Waals surface area contributed by atoms with E-state index in [0.717, 1.165) is 35.1 Å². The summed E-state index contributed by atoms with van der Waals surface area (Å²) in [4.78, 5) is 48.8. The zero-order valence-electron chi connectivity index (χ0n) is 33.5. The molecular formula is C42H53N7O6. The number of hydrogen-bond acceptors (Lipinski definition) is 10. The lowest BCUT2D eigenvalue weighted by Crippen LogP contribution is -2.41. The Labute approximate surface area is 323 Å². The minimum atomic E-state index is -0.729. The Morgan fingerprint density at radius 3 is 2.13 bits per heavy atom. The molecule has 3 N–H and O–H groups in total. The van der Waals surface area contributed by atoms with Crippen molar-refractivity contribution >= 4 is 29.6 Å². The molecule has 1 saturated heterocycles. The second kappa shape index (κ2) is 16.0. The number of anilines is 1. The van der Waals surface area contributed by atoms with Gasteiger partial charge in [0.2, 0.25) is 5.89 Å². The summed E-state index contributed by atoms with van der Waals surface area (Å²) < 4.78 is 16.3. The Morgan fingerprint density at radius 2 is 1.55 bits per heavy atom. The fraction of sp³-hybridized carbons (Fsp3) is 0.452. The average Bonchev–Trinajstić information content (AvgIpc) is 3.61. The fourth-order valence-corrected chi connectivity index (χ4v) is 6.06. The van der Waals surface area contributed by atoms with E-state index in [4.69, 9.17) is 14.0 Å². The van der Waals surface area contributed by atoms with Gasteiger partial charge in [-0.2, -0.15) is 4.98 Å². The maximum absolute atomic E-state index is 12.9. The third kappa shape index (κ3) is 10.8. The molecule has 13 heteroatoms. The number of carbonyl (C=O) groups excluding carboxylic acids is 3. The summed E-state index contributed by atoms with van der Waals surface area (Å²) in [5, 5.41) is 18.7. The van der Waals surface area contributed by atoms with Crippen LogP contribution in [0.25, 0.3) is 11.1 Å². The van der Waals surface area contributed by atoms with E-state index in [1.807, 2.05) is 78.8 Å². The van der Waals surface area contributed by atoms with Gasteiger partial charge >= 0.3 is 12.2 Å². The lowest BCUT2D eigenvalue weighted by atomic mass is 9.88. The van der Waals surface area contributed by atoms with Gasteiger partial charge in [-0.1, -0.05) is 62.3 Å². The maximum atomic E-state index is 12.9. The summed E-state index contributed by atoms with van der Waals surface area (Å²) >= 11 is 0. The highest BCUT2D eigenvalue weighted by atomic mass is 16.6. The minimum absolute atomic E-state index is 0.0337. The van der Waals surface area contributed by atoms with Crippen LogP contribution in [0.15, 0.2) is 59.3 Å². The number of nitrogens with zero attached hydrogens (tertiary/aromatic N) is 4. The Balaban J connectivity index is 1.33. The Kier molecular flexibility index (Phi) is 11.8. The van der Waals surface area contributed by atoms with Crippen LogP contribution in [0.4, 0.5) is 15.4 Å². The van der Waals surface area contributed by atoms with Gasteiger partial charge in [0, 0.05) is 47.9 Å². The van der Waals surface area contributed by atoms with Crippen LogP contribution in [0.2, 0.25) is 0 Å². The van der Waals surface area contributed by atoms with Crippen molar-refractivity contribution in [3.8, 4) is 11.1 Å². The highest BCUT2D eigenvalue weighted by molar-refractivity contribution is 6.15. The van der Waals surface area contributed by atoms with Crippen LogP contribution in [0.1, 0.15) is 125 Å². The van der Waals surface area contributed by atoms with E-state index in [0.29, 0.717) is 36.0 Å². The quantitative estimate of drug-likeness (QED) is 0.149. The van der Waals surface area contributed by atoms with E-state index < -0.39 is 23.2 Å². The van der Waals surface area contributed by atoms with Gasteiger partial charge in [-0.15, -0.1) is 0 Å². The summed E-state index contributed by atoms with van der Waals surface area (Å²) in [6.45, 7) is 20.1. The normalized spacial score (nSPS) is 14.0. The molecule has 1 aliphatic rings. The molecule has 5 rings (SSSR count). The molecule has 0 saturated carbocycles. The summed E-state index contributed by atoms with van der Waals surface area (Å²) in [7, 11) is 0. The number of benzene rings is 2. The van der Waals surface area contributed by atoms with Gasteiger partial charge < -0.3 is 24.2 Å². The maximum Gasteiger partial charge on any atom is 0.413 e. The molecule has 1 fully saturated rings. The summed E-state index contributed by atoms with van der Waals surface area (Å²) in [6, 6.07) is 15.6. The van der Waals surface area contributed by atoms with E-state index in [-0.39, 0.29) is 35.4 Å². The molecular weight excluding hydrogens is 699 g/mol. The topological polar surface area (TPSA) is 173 Å². The summed E-state index contributed by atoms with van der Waals surface area (Å²) in [5.41, 5.74) is 4.08. The number of ether oxygens (including phenoxy) is 2. The van der Waals surface area contributed by atoms with Crippen LogP contribution in [-0.2, 0) is 21.4 Å². The molecule has 0 unspecified atom stereocenters. The predicted molar refractivity (Wildman–Crippen MR) is 211 cm³/mol. The van der Waals surface area contributed by atoms with Crippen molar-refractivity contribution in [1.82, 2.24) is 25.3 Å². The van der Waals surface area contributed by atoms with E-state index >= 15 is 0 Å². The fourth-order valence-electron chi connectivity index (χ4n) is 6.06. The van der Waals surface area contributed by atoms with Gasteiger partial charge in [-0.05, 0) is 102 Å². The zero-order chi connectivity index (χ0) is 40.3. The first kappa shape index (κ1) is 40.6. The van der Waals surface area contributed by atoms with Crippen LogP contribution in [0.5, 0.6) is 0 Å². The number of likely N-dealkylation sites (tertiary alicyclic amines) is 1. The number of carbonyl (C=O) groups is 3. The third-order valence-electron chi connectivity index (χ3n) is 8.98. The van der Waals surface area contributed by atoms with Crippen LogP contribution < -0.4 is 10.6 Å². The SMILES string of the molecule is Cc1cc(C(=N)c2cc(-c3ccc(C4CCN(C(=O)OC(C)(C)C)CC4)cc3)cnc2NC(=O)OC(C)(C)C)ccc1CNC(=O)c1noc(C(C)(C)C)n1. The number of rotatable bonds is 8. The van der Waals surface area contributed by atoms with Crippen LogP contribution in [-0.4, -0.2) is 68.1 Å². The first-order valence-electron chi connectivity index (χ1n) is 18.6. The summed E-state index contributed by atoms with van der Waals surface area (Å²) in [5.74, 6) is 0.401. The molecule has 2 aromatic heterocycles. The second-order valence-corrected chi connectivity index (χ2v) is 17.0. The number of amides is 3. The standard InChI is InChI=1S/C42H53N7O6/c1-25-21-29(15-16-30(25)23-45-36(50)35-46-37(55-48-35)40(2,3)4)33(43)32-22-31(24-44-34(32)47-38(51)53-41(5,6)7)27-13-11-26(12-14-27)28-17-19-49(20-18-28)39(52)54-42(8,9)10/h11-16,21-22,24,28,43H,17-20,23H2,1-10H3,(H,45,50)(H,44,47,51). The first-order chi connectivity index (χ1) is 25.7. The molecule has 0 atom stereocenters. The van der Waals surface area contributed by atoms with Gasteiger partial charge in [0.15, 0.2) is 0 Å². The van der Waals surface area contributed by atoms with Gasteiger partial charge in [-0.3, -0.25) is 15.5 Å².